The molecule has 0 spiro atoms. The van der Waals surface area contributed by atoms with E-state index in [-0.39, 0.29) is 5.91 Å². The van der Waals surface area contributed by atoms with Gasteiger partial charge in [0.2, 0.25) is 0 Å². The van der Waals surface area contributed by atoms with Crippen molar-refractivity contribution < 1.29 is 9.53 Å². The van der Waals surface area contributed by atoms with Gasteiger partial charge in [-0.25, -0.2) is 9.67 Å². The Hall–Kier alpha value is -2.97. The highest BCUT2D eigenvalue weighted by atomic mass is 35.5. The van der Waals surface area contributed by atoms with Crippen molar-refractivity contribution in [2.45, 2.75) is 20.4 Å². The molecule has 148 valence electrons. The number of thiazole rings is 1. The molecule has 2 heterocycles. The number of halogens is 1. The molecular formula is C20H18ClN5O2S. The predicted molar refractivity (Wildman–Crippen MR) is 114 cm³/mol. The van der Waals surface area contributed by atoms with Crippen molar-refractivity contribution >= 4 is 44.9 Å². The SMILES string of the molecule is COc1ccc2nc(C(=O)Nc3nnn(Cc4ccc(C)c(Cl)c4)c3C)sc2c1. The minimum atomic E-state index is -0.321. The second-order valence-corrected chi connectivity index (χ2v) is 8.01. The second-order valence-electron chi connectivity index (χ2n) is 6.57. The Bertz CT molecular complexity index is 1220. The van der Waals surface area contributed by atoms with E-state index in [1.807, 2.05) is 50.2 Å². The number of methoxy groups -OCH3 is 1. The first kappa shape index (κ1) is 19.4. The van der Waals surface area contributed by atoms with Gasteiger partial charge in [0, 0.05) is 5.02 Å². The normalized spacial score (nSPS) is 11.0. The lowest BCUT2D eigenvalue weighted by molar-refractivity contribution is 0.102. The van der Waals surface area contributed by atoms with Crippen LogP contribution in [0, 0.1) is 13.8 Å². The van der Waals surface area contributed by atoms with Crippen molar-refractivity contribution in [1.82, 2.24) is 20.0 Å². The summed E-state index contributed by atoms with van der Waals surface area (Å²) in [5.41, 5.74) is 3.52. The van der Waals surface area contributed by atoms with Gasteiger partial charge in [-0.2, -0.15) is 0 Å². The van der Waals surface area contributed by atoms with Crippen molar-refractivity contribution in [3.8, 4) is 5.75 Å². The zero-order valence-corrected chi connectivity index (χ0v) is 17.6. The van der Waals surface area contributed by atoms with Gasteiger partial charge in [0.15, 0.2) is 10.8 Å². The minimum Gasteiger partial charge on any atom is -0.497 e. The number of nitrogens with zero attached hydrogens (tertiary/aromatic N) is 4. The molecule has 7 nitrogen and oxygen atoms in total. The molecule has 1 N–H and O–H groups in total. The highest BCUT2D eigenvalue weighted by Gasteiger charge is 2.17. The summed E-state index contributed by atoms with van der Waals surface area (Å²) < 4.78 is 7.82. The quantitative estimate of drug-likeness (QED) is 0.508. The summed E-state index contributed by atoms with van der Waals surface area (Å²) in [6, 6.07) is 11.4. The fourth-order valence-electron chi connectivity index (χ4n) is 2.82. The van der Waals surface area contributed by atoms with E-state index in [4.69, 9.17) is 16.3 Å². The molecule has 1 amide bonds. The minimum absolute atomic E-state index is 0.321. The Labute approximate surface area is 176 Å². The maximum atomic E-state index is 12.7. The summed E-state index contributed by atoms with van der Waals surface area (Å²) in [6.07, 6.45) is 0. The summed E-state index contributed by atoms with van der Waals surface area (Å²) in [5, 5.41) is 12.1. The lowest BCUT2D eigenvalue weighted by atomic mass is 10.1. The van der Waals surface area contributed by atoms with E-state index in [1.165, 1.54) is 11.3 Å². The fraction of sp³-hybridized carbons (Fsp3) is 0.200. The van der Waals surface area contributed by atoms with Crippen LogP contribution in [-0.4, -0.2) is 33.0 Å². The third-order valence-corrected chi connectivity index (χ3v) is 6.00. The summed E-state index contributed by atoms with van der Waals surface area (Å²) in [7, 11) is 1.60. The Morgan fingerprint density at radius 1 is 1.24 bits per heavy atom. The average molecular weight is 428 g/mol. The number of hydrogen-bond acceptors (Lipinski definition) is 6. The van der Waals surface area contributed by atoms with E-state index in [2.05, 4.69) is 20.6 Å². The lowest BCUT2D eigenvalue weighted by Gasteiger charge is -2.06. The van der Waals surface area contributed by atoms with E-state index in [9.17, 15) is 4.79 Å². The number of anilines is 1. The molecule has 0 saturated carbocycles. The number of carbonyl (C=O) groups excluding carboxylic acids is 1. The van der Waals surface area contributed by atoms with Gasteiger partial charge in [-0.05, 0) is 49.2 Å². The number of nitrogens with one attached hydrogen (secondary N) is 1. The van der Waals surface area contributed by atoms with Gasteiger partial charge in [-0.1, -0.05) is 28.9 Å². The Kier molecular flexibility index (Phi) is 5.21. The van der Waals surface area contributed by atoms with Crippen LogP contribution in [0.1, 0.15) is 26.6 Å². The average Bonchev–Trinajstić information content (AvgIpc) is 3.29. The molecule has 0 saturated heterocycles. The van der Waals surface area contributed by atoms with E-state index in [1.54, 1.807) is 11.8 Å². The standard InChI is InChI=1S/C20H18ClN5O2S/c1-11-4-5-13(8-15(11)21)10-26-12(2)18(24-25-26)23-19(27)20-22-16-7-6-14(28-3)9-17(16)29-20/h4-9H,10H2,1-3H3,(H,23,27). The van der Waals surface area contributed by atoms with Crippen molar-refractivity contribution in [3.05, 3.63) is 63.2 Å². The number of hydrogen-bond donors (Lipinski definition) is 1. The van der Waals surface area contributed by atoms with Crippen LogP contribution in [0.2, 0.25) is 5.02 Å². The van der Waals surface area contributed by atoms with Gasteiger partial charge >= 0.3 is 0 Å². The maximum Gasteiger partial charge on any atom is 0.285 e. The molecule has 0 bridgehead atoms. The number of rotatable bonds is 5. The monoisotopic (exact) mass is 427 g/mol. The van der Waals surface area contributed by atoms with Crippen LogP contribution in [0.25, 0.3) is 10.2 Å². The van der Waals surface area contributed by atoms with Gasteiger partial charge in [-0.3, -0.25) is 4.79 Å². The molecular weight excluding hydrogens is 410 g/mol. The first-order chi connectivity index (χ1) is 13.9. The number of fused-ring (bicyclic) bond motifs is 1. The molecule has 0 aliphatic heterocycles. The first-order valence-corrected chi connectivity index (χ1v) is 10.0. The first-order valence-electron chi connectivity index (χ1n) is 8.85. The van der Waals surface area contributed by atoms with Crippen LogP contribution in [0.5, 0.6) is 5.75 Å². The van der Waals surface area contributed by atoms with Gasteiger partial charge < -0.3 is 10.1 Å². The van der Waals surface area contributed by atoms with Crippen LogP contribution in [0.3, 0.4) is 0 Å². The summed E-state index contributed by atoms with van der Waals surface area (Å²) in [4.78, 5) is 17.0. The zero-order valence-electron chi connectivity index (χ0n) is 16.1. The highest BCUT2D eigenvalue weighted by Crippen LogP contribution is 2.27. The van der Waals surface area contributed by atoms with Crippen LogP contribution >= 0.6 is 22.9 Å². The Balaban J connectivity index is 1.52. The van der Waals surface area contributed by atoms with Crippen molar-refractivity contribution in [1.29, 1.82) is 0 Å². The molecule has 9 heteroatoms. The van der Waals surface area contributed by atoms with Gasteiger partial charge in [0.05, 0.1) is 29.6 Å². The number of amides is 1. The van der Waals surface area contributed by atoms with Crippen LogP contribution in [0.15, 0.2) is 36.4 Å². The number of carbonyl (C=O) groups is 1. The third kappa shape index (κ3) is 3.94. The van der Waals surface area contributed by atoms with Crippen LogP contribution in [-0.2, 0) is 6.54 Å². The number of aromatic nitrogens is 4. The fourth-order valence-corrected chi connectivity index (χ4v) is 3.92. The van der Waals surface area contributed by atoms with Gasteiger partial charge in [0.1, 0.15) is 5.75 Å². The maximum absolute atomic E-state index is 12.7. The number of ether oxygens (including phenoxy) is 1. The van der Waals surface area contributed by atoms with E-state index < -0.39 is 0 Å². The van der Waals surface area contributed by atoms with Gasteiger partial charge in [-0.15, -0.1) is 16.4 Å². The molecule has 29 heavy (non-hydrogen) atoms. The second kappa shape index (κ2) is 7.81. The van der Waals surface area contributed by atoms with Gasteiger partial charge in [0.25, 0.3) is 5.91 Å². The van der Waals surface area contributed by atoms with Crippen molar-refractivity contribution in [2.24, 2.45) is 0 Å². The molecule has 2 aromatic heterocycles. The zero-order chi connectivity index (χ0) is 20.5. The largest absolute Gasteiger partial charge is 0.497 e. The van der Waals surface area contributed by atoms with E-state index in [0.717, 1.165) is 32.8 Å². The summed E-state index contributed by atoms with van der Waals surface area (Å²) in [6.45, 7) is 4.32. The van der Waals surface area contributed by atoms with Crippen LogP contribution in [0.4, 0.5) is 5.82 Å². The van der Waals surface area contributed by atoms with E-state index in [0.29, 0.717) is 22.4 Å². The predicted octanol–water partition coefficient (Wildman–Crippen LogP) is 4.47. The molecule has 4 aromatic rings. The molecule has 4 rings (SSSR count). The summed E-state index contributed by atoms with van der Waals surface area (Å²) in [5.74, 6) is 0.812. The van der Waals surface area contributed by atoms with Crippen molar-refractivity contribution in [3.63, 3.8) is 0 Å². The summed E-state index contributed by atoms with van der Waals surface area (Å²) >= 11 is 7.50. The smallest absolute Gasteiger partial charge is 0.285 e. The highest BCUT2D eigenvalue weighted by molar-refractivity contribution is 7.20. The third-order valence-electron chi connectivity index (χ3n) is 4.57. The lowest BCUT2D eigenvalue weighted by Crippen LogP contribution is -2.13. The molecule has 0 radical (unpaired) electrons. The molecule has 0 aliphatic rings. The Morgan fingerprint density at radius 3 is 2.83 bits per heavy atom. The van der Waals surface area contributed by atoms with Crippen LogP contribution < -0.4 is 10.1 Å². The molecule has 0 atom stereocenters. The Morgan fingerprint density at radius 2 is 2.07 bits per heavy atom. The molecule has 2 aromatic carbocycles. The van der Waals surface area contributed by atoms with Crippen molar-refractivity contribution in [2.75, 3.05) is 12.4 Å². The number of benzene rings is 2. The van der Waals surface area contributed by atoms with E-state index >= 15 is 0 Å². The topological polar surface area (TPSA) is 81.9 Å². The molecule has 0 unspecified atom stereocenters. The molecule has 0 fully saturated rings. The number of aryl methyl sites for hydroxylation is 1. The molecule has 0 aliphatic carbocycles.